The van der Waals surface area contributed by atoms with E-state index in [0.717, 1.165) is 13.1 Å². The number of hydrogen-bond acceptors (Lipinski definition) is 4. The van der Waals surface area contributed by atoms with Crippen LogP contribution in [0.2, 0.25) is 0 Å². The first kappa shape index (κ1) is 12.6. The molecule has 0 aliphatic carbocycles. The summed E-state index contributed by atoms with van der Waals surface area (Å²) < 4.78 is 0. The molecule has 1 aliphatic rings. The molecule has 94 valence electrons. The fourth-order valence-electron chi connectivity index (χ4n) is 2.00. The number of nitriles is 1. The number of hydrogen-bond donors (Lipinski definition) is 2. The van der Waals surface area contributed by atoms with Crippen LogP contribution in [0.5, 0.6) is 0 Å². The molecule has 1 saturated heterocycles. The fourth-order valence-corrected chi connectivity index (χ4v) is 2.00. The highest BCUT2D eigenvalue weighted by molar-refractivity contribution is 5.93. The Morgan fingerprint density at radius 1 is 1.50 bits per heavy atom. The van der Waals surface area contributed by atoms with Crippen molar-refractivity contribution in [3.05, 3.63) is 29.8 Å². The third-order valence-corrected chi connectivity index (χ3v) is 2.98. The first-order valence-electron chi connectivity index (χ1n) is 5.85. The number of likely N-dealkylation sites (tertiary alicyclic amines) is 1. The molecule has 0 bridgehead atoms. The highest BCUT2D eigenvalue weighted by Gasteiger charge is 2.27. The van der Waals surface area contributed by atoms with Crippen molar-refractivity contribution >= 4 is 11.6 Å². The Morgan fingerprint density at radius 3 is 2.89 bits per heavy atom. The zero-order valence-electron chi connectivity index (χ0n) is 9.97. The average Bonchev–Trinajstić information content (AvgIpc) is 2.34. The van der Waals surface area contributed by atoms with Gasteiger partial charge in [0.05, 0.1) is 17.8 Å². The van der Waals surface area contributed by atoms with Crippen molar-refractivity contribution in [2.75, 3.05) is 31.6 Å². The smallest absolute Gasteiger partial charge is 0.238 e. The lowest BCUT2D eigenvalue weighted by Gasteiger charge is -2.37. The maximum absolute atomic E-state index is 11.8. The van der Waals surface area contributed by atoms with E-state index in [-0.39, 0.29) is 12.5 Å². The Morgan fingerprint density at radius 2 is 2.22 bits per heavy atom. The summed E-state index contributed by atoms with van der Waals surface area (Å²) in [5.41, 5.74) is 1.01. The molecule has 18 heavy (non-hydrogen) atoms. The Kier molecular flexibility index (Phi) is 3.92. The standard InChI is InChI=1S/C13H15N3O2/c14-5-11-3-1-2-4-12(11)15-13(18)8-16-6-10(7-16)9-17/h1-4,10,17H,6-9H2,(H,15,18). The van der Waals surface area contributed by atoms with Crippen molar-refractivity contribution in [3.8, 4) is 6.07 Å². The van der Waals surface area contributed by atoms with Gasteiger partial charge in [0.25, 0.3) is 0 Å². The van der Waals surface area contributed by atoms with Crippen molar-refractivity contribution < 1.29 is 9.90 Å². The van der Waals surface area contributed by atoms with Gasteiger partial charge < -0.3 is 10.4 Å². The molecule has 1 heterocycles. The molecule has 5 nitrogen and oxygen atoms in total. The van der Waals surface area contributed by atoms with Crippen molar-refractivity contribution in [2.45, 2.75) is 0 Å². The molecule has 0 spiro atoms. The molecule has 2 rings (SSSR count). The first-order valence-corrected chi connectivity index (χ1v) is 5.85. The predicted octanol–water partition coefficient (Wildman–Crippen LogP) is 0.421. The van der Waals surface area contributed by atoms with Crippen LogP contribution in [0.15, 0.2) is 24.3 Å². The number of aliphatic hydroxyl groups is 1. The predicted molar refractivity (Wildman–Crippen MR) is 66.8 cm³/mol. The largest absolute Gasteiger partial charge is 0.396 e. The molecular formula is C13H15N3O2. The summed E-state index contributed by atoms with van der Waals surface area (Å²) in [5, 5.41) is 20.5. The number of para-hydroxylation sites is 1. The summed E-state index contributed by atoms with van der Waals surface area (Å²) in [7, 11) is 0. The maximum atomic E-state index is 11.8. The minimum Gasteiger partial charge on any atom is -0.396 e. The molecule has 1 aliphatic heterocycles. The van der Waals surface area contributed by atoms with Crippen LogP contribution >= 0.6 is 0 Å². The third kappa shape index (κ3) is 2.86. The number of rotatable bonds is 4. The van der Waals surface area contributed by atoms with E-state index < -0.39 is 0 Å². The lowest BCUT2D eigenvalue weighted by Crippen LogP contribution is -2.51. The van der Waals surface area contributed by atoms with Crippen LogP contribution in [0, 0.1) is 17.2 Å². The maximum Gasteiger partial charge on any atom is 0.238 e. The lowest BCUT2D eigenvalue weighted by molar-refractivity contribution is -0.119. The van der Waals surface area contributed by atoms with Crippen molar-refractivity contribution in [2.24, 2.45) is 5.92 Å². The SMILES string of the molecule is N#Cc1ccccc1NC(=O)CN1CC(CO)C1. The highest BCUT2D eigenvalue weighted by atomic mass is 16.3. The Bertz CT molecular complexity index is 475. The Hall–Kier alpha value is -1.90. The van der Waals surface area contributed by atoms with E-state index >= 15 is 0 Å². The van der Waals surface area contributed by atoms with E-state index in [1.165, 1.54) is 0 Å². The van der Waals surface area contributed by atoms with Crippen LogP contribution < -0.4 is 5.32 Å². The van der Waals surface area contributed by atoms with Gasteiger partial charge in [-0.2, -0.15) is 5.26 Å². The van der Waals surface area contributed by atoms with Gasteiger partial charge in [-0.1, -0.05) is 12.1 Å². The quantitative estimate of drug-likeness (QED) is 0.806. The molecule has 1 fully saturated rings. The number of aliphatic hydroxyl groups excluding tert-OH is 1. The number of benzene rings is 1. The van der Waals surface area contributed by atoms with E-state index in [1.54, 1.807) is 24.3 Å². The molecule has 5 heteroatoms. The van der Waals surface area contributed by atoms with Crippen LogP contribution in [-0.4, -0.2) is 42.2 Å². The monoisotopic (exact) mass is 245 g/mol. The zero-order chi connectivity index (χ0) is 13.0. The molecule has 0 aromatic heterocycles. The molecule has 0 unspecified atom stereocenters. The molecule has 1 aromatic rings. The second-order valence-electron chi connectivity index (χ2n) is 4.45. The molecule has 0 saturated carbocycles. The number of carbonyl (C=O) groups is 1. The summed E-state index contributed by atoms with van der Waals surface area (Å²) in [6.07, 6.45) is 0. The average molecular weight is 245 g/mol. The number of amides is 1. The molecular weight excluding hydrogens is 230 g/mol. The van der Waals surface area contributed by atoms with E-state index in [1.807, 2.05) is 11.0 Å². The van der Waals surface area contributed by atoms with Crippen molar-refractivity contribution in [3.63, 3.8) is 0 Å². The first-order chi connectivity index (χ1) is 8.72. The van der Waals surface area contributed by atoms with Crippen LogP contribution in [-0.2, 0) is 4.79 Å². The van der Waals surface area contributed by atoms with Gasteiger partial charge in [0, 0.05) is 25.6 Å². The summed E-state index contributed by atoms with van der Waals surface area (Å²) in [6, 6.07) is 8.96. The normalized spacial score (nSPS) is 15.8. The van der Waals surface area contributed by atoms with Gasteiger partial charge in [-0.3, -0.25) is 9.69 Å². The van der Waals surface area contributed by atoms with E-state index in [2.05, 4.69) is 5.32 Å². The minimum absolute atomic E-state index is 0.130. The number of carbonyl (C=O) groups excluding carboxylic acids is 1. The second kappa shape index (κ2) is 5.63. The van der Waals surface area contributed by atoms with E-state index in [9.17, 15) is 4.79 Å². The lowest BCUT2D eigenvalue weighted by atomic mass is 10.0. The number of anilines is 1. The fraction of sp³-hybridized carbons (Fsp3) is 0.385. The topological polar surface area (TPSA) is 76.4 Å². The summed E-state index contributed by atoms with van der Waals surface area (Å²) >= 11 is 0. The molecule has 0 radical (unpaired) electrons. The van der Waals surface area contributed by atoms with Gasteiger partial charge in [0.2, 0.25) is 5.91 Å². The van der Waals surface area contributed by atoms with Gasteiger partial charge in [-0.05, 0) is 12.1 Å². The zero-order valence-corrected chi connectivity index (χ0v) is 9.97. The highest BCUT2D eigenvalue weighted by Crippen LogP contribution is 2.16. The summed E-state index contributed by atoms with van der Waals surface area (Å²) in [6.45, 7) is 1.99. The van der Waals surface area contributed by atoms with Crippen LogP contribution in [0.3, 0.4) is 0 Å². The van der Waals surface area contributed by atoms with E-state index in [0.29, 0.717) is 23.7 Å². The Labute approximate surface area is 106 Å². The summed E-state index contributed by atoms with van der Waals surface area (Å²) in [5.74, 6) is 0.165. The van der Waals surface area contributed by atoms with E-state index in [4.69, 9.17) is 10.4 Å². The Balaban J connectivity index is 1.86. The molecule has 0 atom stereocenters. The van der Waals surface area contributed by atoms with Crippen molar-refractivity contribution in [1.82, 2.24) is 4.90 Å². The minimum atomic E-state index is -0.130. The second-order valence-corrected chi connectivity index (χ2v) is 4.45. The van der Waals surface area contributed by atoms with Gasteiger partial charge >= 0.3 is 0 Å². The van der Waals surface area contributed by atoms with Gasteiger partial charge in [0.15, 0.2) is 0 Å². The molecule has 1 aromatic carbocycles. The van der Waals surface area contributed by atoms with Gasteiger partial charge in [-0.25, -0.2) is 0 Å². The van der Waals surface area contributed by atoms with Crippen LogP contribution in [0.25, 0.3) is 0 Å². The number of nitrogens with zero attached hydrogens (tertiary/aromatic N) is 2. The van der Waals surface area contributed by atoms with Crippen molar-refractivity contribution in [1.29, 1.82) is 5.26 Å². The molecule has 1 amide bonds. The van der Waals surface area contributed by atoms with Crippen LogP contribution in [0.1, 0.15) is 5.56 Å². The summed E-state index contributed by atoms with van der Waals surface area (Å²) in [4.78, 5) is 13.7. The van der Waals surface area contributed by atoms with Gasteiger partial charge in [0.1, 0.15) is 6.07 Å². The van der Waals surface area contributed by atoms with Gasteiger partial charge in [-0.15, -0.1) is 0 Å². The third-order valence-electron chi connectivity index (χ3n) is 2.98. The molecule has 2 N–H and O–H groups in total. The van der Waals surface area contributed by atoms with Crippen LogP contribution in [0.4, 0.5) is 5.69 Å². The number of nitrogens with one attached hydrogen (secondary N) is 1.